The van der Waals surface area contributed by atoms with E-state index in [1.807, 2.05) is 24.3 Å². The minimum absolute atomic E-state index is 0.102. The van der Waals surface area contributed by atoms with Crippen LogP contribution in [0.5, 0.6) is 0 Å². The predicted octanol–water partition coefficient (Wildman–Crippen LogP) is 4.39. The van der Waals surface area contributed by atoms with Crippen molar-refractivity contribution in [2.45, 2.75) is 32.7 Å². The molecule has 1 atom stereocenters. The lowest BCUT2D eigenvalue weighted by Crippen LogP contribution is -2.22. The van der Waals surface area contributed by atoms with Gasteiger partial charge in [0.1, 0.15) is 4.83 Å². The van der Waals surface area contributed by atoms with E-state index in [2.05, 4.69) is 27.8 Å². The number of rotatable bonds is 2. The molecule has 0 radical (unpaired) electrons. The maximum Gasteiger partial charge on any atom is 0.262 e. The minimum atomic E-state index is 0.102. The van der Waals surface area contributed by atoms with Gasteiger partial charge in [-0.2, -0.15) is 0 Å². The Morgan fingerprint density at radius 1 is 1.35 bits per heavy atom. The van der Waals surface area contributed by atoms with E-state index in [1.54, 1.807) is 22.2 Å². The van der Waals surface area contributed by atoms with Gasteiger partial charge in [0.2, 0.25) is 0 Å². The number of halogens is 1. The zero-order valence-electron chi connectivity index (χ0n) is 12.9. The summed E-state index contributed by atoms with van der Waals surface area (Å²) in [6.07, 6.45) is 4.95. The van der Waals surface area contributed by atoms with E-state index >= 15 is 0 Å². The van der Waals surface area contributed by atoms with Gasteiger partial charge in [-0.05, 0) is 48.4 Å². The summed E-state index contributed by atoms with van der Waals surface area (Å²) >= 11 is 5.14. The summed E-state index contributed by atoms with van der Waals surface area (Å²) in [5.74, 6) is 0.709. The van der Waals surface area contributed by atoms with E-state index in [4.69, 9.17) is 0 Å². The summed E-state index contributed by atoms with van der Waals surface area (Å²) < 4.78 is 2.78. The van der Waals surface area contributed by atoms with Gasteiger partial charge < -0.3 is 0 Å². The van der Waals surface area contributed by atoms with Crippen LogP contribution in [0.25, 0.3) is 10.2 Å². The number of thiophene rings is 1. The largest absolute Gasteiger partial charge is 0.294 e. The highest BCUT2D eigenvalue weighted by Gasteiger charge is 2.23. The normalized spacial score (nSPS) is 17.4. The number of aromatic nitrogens is 2. The second-order valence-corrected chi connectivity index (χ2v) is 8.34. The summed E-state index contributed by atoms with van der Waals surface area (Å²) in [5.41, 5.74) is 2.46. The van der Waals surface area contributed by atoms with E-state index in [9.17, 15) is 4.79 Å². The Morgan fingerprint density at radius 3 is 2.91 bits per heavy atom. The molecule has 3 aromatic rings. The number of aryl methyl sites for hydroxylation is 1. The van der Waals surface area contributed by atoms with Crippen molar-refractivity contribution in [1.82, 2.24) is 9.55 Å². The fourth-order valence-corrected chi connectivity index (χ4v) is 4.87. The third-order valence-corrected chi connectivity index (χ3v) is 6.24. The molecule has 4 rings (SSSR count). The second-order valence-electron chi connectivity index (χ2n) is 6.34. The Hall–Kier alpha value is -1.46. The highest BCUT2D eigenvalue weighted by Crippen LogP contribution is 2.35. The first kappa shape index (κ1) is 15.1. The Balaban J connectivity index is 1.78. The lowest BCUT2D eigenvalue weighted by atomic mass is 9.89. The first-order chi connectivity index (χ1) is 11.1. The van der Waals surface area contributed by atoms with Gasteiger partial charge in [-0.25, -0.2) is 4.98 Å². The number of nitrogens with zero attached hydrogens (tertiary/aromatic N) is 2. The van der Waals surface area contributed by atoms with Crippen LogP contribution < -0.4 is 5.56 Å². The van der Waals surface area contributed by atoms with Crippen LogP contribution in [0, 0.1) is 5.92 Å². The molecular formula is C18H17BrN2OS. The van der Waals surface area contributed by atoms with Crippen LogP contribution in [-0.2, 0) is 19.4 Å². The Bertz CT molecular complexity index is 927. The monoisotopic (exact) mass is 388 g/mol. The van der Waals surface area contributed by atoms with Crippen LogP contribution in [0.3, 0.4) is 0 Å². The molecule has 118 valence electrons. The van der Waals surface area contributed by atoms with E-state index in [0.29, 0.717) is 12.5 Å². The highest BCUT2D eigenvalue weighted by atomic mass is 79.9. The van der Waals surface area contributed by atoms with Crippen LogP contribution in [0.4, 0.5) is 0 Å². The van der Waals surface area contributed by atoms with Gasteiger partial charge in [0.15, 0.2) is 0 Å². The summed E-state index contributed by atoms with van der Waals surface area (Å²) in [7, 11) is 0. The summed E-state index contributed by atoms with van der Waals surface area (Å²) in [5, 5.41) is 0.858. The fraction of sp³-hybridized carbons (Fsp3) is 0.333. The van der Waals surface area contributed by atoms with Crippen molar-refractivity contribution < 1.29 is 0 Å². The molecule has 5 heteroatoms. The standard InChI is InChI=1S/C18H17BrN2OS/c1-11-2-7-14-15(8-11)23-17-16(14)18(22)21(10-20-17)9-12-3-5-13(19)6-4-12/h3-6,10-11H,2,7-9H2,1H3/t11-/m1/s1. The molecule has 0 spiro atoms. The van der Waals surface area contributed by atoms with Crippen LogP contribution in [-0.4, -0.2) is 9.55 Å². The Kier molecular flexibility index (Phi) is 3.85. The third-order valence-electron chi connectivity index (χ3n) is 4.55. The molecule has 0 amide bonds. The Labute approximate surface area is 147 Å². The van der Waals surface area contributed by atoms with Gasteiger partial charge in [-0.1, -0.05) is 35.0 Å². The Morgan fingerprint density at radius 2 is 2.13 bits per heavy atom. The average molecular weight is 389 g/mol. The molecular weight excluding hydrogens is 372 g/mol. The van der Waals surface area contributed by atoms with Crippen LogP contribution in [0.2, 0.25) is 0 Å². The molecule has 2 heterocycles. The molecule has 1 aliphatic carbocycles. The lowest BCUT2D eigenvalue weighted by molar-refractivity contribution is 0.509. The molecule has 1 aliphatic rings. The molecule has 0 saturated carbocycles. The quantitative estimate of drug-likeness (QED) is 0.652. The number of benzene rings is 1. The topological polar surface area (TPSA) is 34.9 Å². The first-order valence-corrected chi connectivity index (χ1v) is 9.47. The number of hydrogen-bond acceptors (Lipinski definition) is 3. The molecule has 0 unspecified atom stereocenters. The van der Waals surface area contributed by atoms with Crippen molar-refractivity contribution in [3.05, 3.63) is 61.4 Å². The van der Waals surface area contributed by atoms with Gasteiger partial charge in [0.25, 0.3) is 5.56 Å². The summed E-state index contributed by atoms with van der Waals surface area (Å²) in [6, 6.07) is 8.07. The zero-order valence-corrected chi connectivity index (χ0v) is 15.3. The van der Waals surface area contributed by atoms with Crippen molar-refractivity contribution in [1.29, 1.82) is 0 Å². The first-order valence-electron chi connectivity index (χ1n) is 7.86. The molecule has 23 heavy (non-hydrogen) atoms. The van der Waals surface area contributed by atoms with Crippen molar-refractivity contribution in [2.75, 3.05) is 0 Å². The SMILES string of the molecule is C[C@@H]1CCc2c(sc3ncn(Cc4ccc(Br)cc4)c(=O)c23)C1. The average Bonchev–Trinajstić information content (AvgIpc) is 2.90. The smallest absolute Gasteiger partial charge is 0.262 e. The summed E-state index contributed by atoms with van der Waals surface area (Å²) in [6.45, 7) is 2.85. The van der Waals surface area contributed by atoms with Crippen molar-refractivity contribution in [3.8, 4) is 0 Å². The third kappa shape index (κ3) is 2.76. The minimum Gasteiger partial charge on any atom is -0.294 e. The van der Waals surface area contributed by atoms with Crippen LogP contribution >= 0.6 is 27.3 Å². The van der Waals surface area contributed by atoms with Gasteiger partial charge in [0, 0.05) is 9.35 Å². The molecule has 1 aromatic carbocycles. The van der Waals surface area contributed by atoms with E-state index in [0.717, 1.165) is 33.1 Å². The number of hydrogen-bond donors (Lipinski definition) is 0. The van der Waals surface area contributed by atoms with Crippen LogP contribution in [0.15, 0.2) is 39.9 Å². The molecule has 0 bridgehead atoms. The molecule has 2 aromatic heterocycles. The van der Waals surface area contributed by atoms with Crippen molar-refractivity contribution >= 4 is 37.5 Å². The summed E-state index contributed by atoms with van der Waals surface area (Å²) in [4.78, 5) is 19.8. The molecule has 3 nitrogen and oxygen atoms in total. The molecule has 0 fully saturated rings. The van der Waals surface area contributed by atoms with Crippen molar-refractivity contribution in [2.24, 2.45) is 5.92 Å². The zero-order chi connectivity index (χ0) is 16.0. The maximum atomic E-state index is 12.9. The van der Waals surface area contributed by atoms with Gasteiger partial charge >= 0.3 is 0 Å². The van der Waals surface area contributed by atoms with E-state index in [-0.39, 0.29) is 5.56 Å². The predicted molar refractivity (Wildman–Crippen MR) is 98.3 cm³/mol. The number of fused-ring (bicyclic) bond motifs is 3. The van der Waals surface area contributed by atoms with Gasteiger partial charge in [0.05, 0.1) is 18.3 Å². The van der Waals surface area contributed by atoms with Gasteiger partial charge in [-0.15, -0.1) is 11.3 Å². The van der Waals surface area contributed by atoms with Crippen LogP contribution in [0.1, 0.15) is 29.3 Å². The lowest BCUT2D eigenvalue weighted by Gasteiger charge is -2.17. The molecule has 0 aliphatic heterocycles. The fourth-order valence-electron chi connectivity index (χ4n) is 3.27. The van der Waals surface area contributed by atoms with E-state index in [1.165, 1.54) is 16.9 Å². The molecule has 0 saturated heterocycles. The maximum absolute atomic E-state index is 12.9. The molecule has 0 N–H and O–H groups in total. The highest BCUT2D eigenvalue weighted by molar-refractivity contribution is 9.10. The van der Waals surface area contributed by atoms with Gasteiger partial charge in [-0.3, -0.25) is 9.36 Å². The van der Waals surface area contributed by atoms with Crippen molar-refractivity contribution in [3.63, 3.8) is 0 Å². The second kappa shape index (κ2) is 5.87. The van der Waals surface area contributed by atoms with E-state index < -0.39 is 0 Å².